The molecule has 0 spiro atoms. The highest BCUT2D eigenvalue weighted by atomic mass is 16.5. The Morgan fingerprint density at radius 3 is 2.09 bits per heavy atom. The summed E-state index contributed by atoms with van der Waals surface area (Å²) in [5, 5.41) is 14.4. The first-order valence-electron chi connectivity index (χ1n) is 11.7. The standard InChI is InChI=1S/C28H28N2O5/c1-2-25(27(32)33)30-26(31)19-13-11-18(12-14-19)15-16-29-28(34)35-17-24-22-9-5-3-7-20(22)21-8-4-6-10-23(21)24/h3-14,24-25H,2,15-17H2,1H3,(H,29,34)(H,30,31)(H,32,33). The first-order valence-corrected chi connectivity index (χ1v) is 11.7. The van der Waals surface area contributed by atoms with Gasteiger partial charge >= 0.3 is 12.1 Å². The topological polar surface area (TPSA) is 105 Å². The van der Waals surface area contributed by atoms with Crippen LogP contribution in [0.1, 0.15) is 46.3 Å². The van der Waals surface area contributed by atoms with Crippen LogP contribution >= 0.6 is 0 Å². The average Bonchev–Trinajstić information content (AvgIpc) is 3.20. The summed E-state index contributed by atoms with van der Waals surface area (Å²) in [5.74, 6) is -1.47. The van der Waals surface area contributed by atoms with Crippen LogP contribution in [-0.2, 0) is 16.0 Å². The van der Waals surface area contributed by atoms with Crippen molar-refractivity contribution < 1.29 is 24.2 Å². The highest BCUT2D eigenvalue weighted by molar-refractivity contribution is 5.96. The number of carbonyl (C=O) groups is 3. The van der Waals surface area contributed by atoms with Crippen molar-refractivity contribution in [3.8, 4) is 11.1 Å². The second-order valence-electron chi connectivity index (χ2n) is 8.47. The molecule has 3 aromatic carbocycles. The molecule has 0 saturated carbocycles. The van der Waals surface area contributed by atoms with Gasteiger partial charge in [0.2, 0.25) is 0 Å². The molecule has 3 N–H and O–H groups in total. The third kappa shape index (κ3) is 5.51. The minimum absolute atomic E-state index is 0.0141. The zero-order chi connectivity index (χ0) is 24.8. The summed E-state index contributed by atoms with van der Waals surface area (Å²) >= 11 is 0. The Hall–Kier alpha value is -4.13. The van der Waals surface area contributed by atoms with E-state index < -0.39 is 24.0 Å². The molecule has 1 atom stereocenters. The Kier molecular flexibility index (Phi) is 7.45. The van der Waals surface area contributed by atoms with E-state index in [1.807, 2.05) is 24.3 Å². The van der Waals surface area contributed by atoms with Crippen LogP contribution in [0.3, 0.4) is 0 Å². The van der Waals surface area contributed by atoms with Crippen molar-refractivity contribution in [1.82, 2.24) is 10.6 Å². The van der Waals surface area contributed by atoms with Crippen molar-refractivity contribution in [1.29, 1.82) is 0 Å². The van der Waals surface area contributed by atoms with Crippen LogP contribution in [0, 0.1) is 0 Å². The molecule has 0 radical (unpaired) electrons. The van der Waals surface area contributed by atoms with E-state index in [9.17, 15) is 14.4 Å². The second kappa shape index (κ2) is 10.9. The van der Waals surface area contributed by atoms with Crippen LogP contribution in [0.5, 0.6) is 0 Å². The Morgan fingerprint density at radius 2 is 1.51 bits per heavy atom. The molecule has 0 aliphatic heterocycles. The molecule has 1 aliphatic rings. The number of amides is 2. The summed E-state index contributed by atoms with van der Waals surface area (Å²) in [6, 6.07) is 22.3. The van der Waals surface area contributed by atoms with Gasteiger partial charge in [0.1, 0.15) is 12.6 Å². The van der Waals surface area contributed by atoms with Crippen LogP contribution in [0.2, 0.25) is 0 Å². The number of benzene rings is 3. The number of alkyl carbamates (subject to hydrolysis) is 1. The molecule has 3 aromatic rings. The monoisotopic (exact) mass is 472 g/mol. The number of fused-ring (bicyclic) bond motifs is 3. The SMILES string of the molecule is CCC(NC(=O)c1ccc(CCNC(=O)OCC2c3ccccc3-c3ccccc32)cc1)C(=O)O. The number of carboxylic acid groups (broad SMARTS) is 1. The quantitative estimate of drug-likeness (QED) is 0.429. The van der Waals surface area contributed by atoms with Gasteiger partial charge in [-0.3, -0.25) is 4.79 Å². The Labute approximate surface area is 204 Å². The molecule has 180 valence electrons. The number of rotatable bonds is 9. The van der Waals surface area contributed by atoms with E-state index in [2.05, 4.69) is 34.9 Å². The number of ether oxygens (including phenoxy) is 1. The van der Waals surface area contributed by atoms with Gasteiger partial charge in [-0.15, -0.1) is 0 Å². The van der Waals surface area contributed by atoms with E-state index in [-0.39, 0.29) is 12.5 Å². The van der Waals surface area contributed by atoms with Crippen molar-refractivity contribution in [3.63, 3.8) is 0 Å². The van der Waals surface area contributed by atoms with Crippen LogP contribution < -0.4 is 10.6 Å². The van der Waals surface area contributed by atoms with E-state index in [0.717, 1.165) is 5.56 Å². The largest absolute Gasteiger partial charge is 0.480 e. The van der Waals surface area contributed by atoms with Gasteiger partial charge in [-0.2, -0.15) is 0 Å². The minimum atomic E-state index is -1.06. The zero-order valence-corrected chi connectivity index (χ0v) is 19.5. The fourth-order valence-corrected chi connectivity index (χ4v) is 4.36. The molecule has 0 aromatic heterocycles. The van der Waals surface area contributed by atoms with Crippen molar-refractivity contribution in [2.45, 2.75) is 31.7 Å². The van der Waals surface area contributed by atoms with Crippen molar-refractivity contribution in [2.75, 3.05) is 13.2 Å². The summed E-state index contributed by atoms with van der Waals surface area (Å²) < 4.78 is 5.54. The van der Waals surface area contributed by atoms with E-state index in [4.69, 9.17) is 9.84 Å². The summed E-state index contributed by atoms with van der Waals surface area (Å²) in [5.41, 5.74) is 6.02. The lowest BCUT2D eigenvalue weighted by Crippen LogP contribution is -2.40. The number of hydrogen-bond acceptors (Lipinski definition) is 4. The number of hydrogen-bond donors (Lipinski definition) is 3. The van der Waals surface area contributed by atoms with Gasteiger partial charge in [0.05, 0.1) is 0 Å². The molecule has 1 aliphatic carbocycles. The minimum Gasteiger partial charge on any atom is -0.480 e. The molecule has 7 nitrogen and oxygen atoms in total. The Morgan fingerprint density at radius 1 is 0.914 bits per heavy atom. The van der Waals surface area contributed by atoms with Gasteiger partial charge in [0, 0.05) is 18.0 Å². The number of carboxylic acids is 1. The third-order valence-corrected chi connectivity index (χ3v) is 6.25. The summed E-state index contributed by atoms with van der Waals surface area (Å²) in [6.45, 7) is 2.35. The maximum absolute atomic E-state index is 12.3. The molecule has 0 heterocycles. The van der Waals surface area contributed by atoms with Crippen LogP contribution in [0.25, 0.3) is 11.1 Å². The maximum atomic E-state index is 12.3. The molecule has 35 heavy (non-hydrogen) atoms. The third-order valence-electron chi connectivity index (χ3n) is 6.25. The molecular weight excluding hydrogens is 444 g/mol. The van der Waals surface area contributed by atoms with Gasteiger partial charge in [-0.1, -0.05) is 67.6 Å². The molecule has 0 saturated heterocycles. The summed E-state index contributed by atoms with van der Waals surface area (Å²) in [4.78, 5) is 35.6. The first-order chi connectivity index (χ1) is 17.0. The fraction of sp³-hybridized carbons (Fsp3) is 0.250. The molecule has 0 bridgehead atoms. The highest BCUT2D eigenvalue weighted by Crippen LogP contribution is 2.44. The van der Waals surface area contributed by atoms with E-state index in [1.54, 1.807) is 31.2 Å². The molecule has 7 heteroatoms. The Bertz CT molecular complexity index is 1180. The molecule has 4 rings (SSSR count). The smallest absolute Gasteiger partial charge is 0.407 e. The molecule has 0 fully saturated rings. The normalized spacial score (nSPS) is 12.8. The van der Waals surface area contributed by atoms with Crippen LogP contribution in [0.4, 0.5) is 4.79 Å². The predicted octanol–water partition coefficient (Wildman–Crippen LogP) is 4.36. The van der Waals surface area contributed by atoms with Gasteiger partial charge in [-0.25, -0.2) is 9.59 Å². The number of aliphatic carboxylic acids is 1. The van der Waals surface area contributed by atoms with E-state index in [0.29, 0.717) is 24.9 Å². The van der Waals surface area contributed by atoms with Crippen molar-refractivity contribution in [2.24, 2.45) is 0 Å². The lowest BCUT2D eigenvalue weighted by atomic mass is 9.98. The van der Waals surface area contributed by atoms with E-state index in [1.165, 1.54) is 22.3 Å². The predicted molar refractivity (Wildman–Crippen MR) is 132 cm³/mol. The number of nitrogens with one attached hydrogen (secondary N) is 2. The summed E-state index contributed by atoms with van der Waals surface area (Å²) in [7, 11) is 0. The van der Waals surface area contributed by atoms with Crippen molar-refractivity contribution in [3.05, 3.63) is 95.1 Å². The lowest BCUT2D eigenvalue weighted by Gasteiger charge is -2.14. The first kappa shape index (κ1) is 24.0. The highest BCUT2D eigenvalue weighted by Gasteiger charge is 2.29. The molecule has 1 unspecified atom stereocenters. The van der Waals surface area contributed by atoms with E-state index >= 15 is 0 Å². The second-order valence-corrected chi connectivity index (χ2v) is 8.47. The van der Waals surface area contributed by atoms with Crippen LogP contribution in [0.15, 0.2) is 72.8 Å². The van der Waals surface area contributed by atoms with Crippen molar-refractivity contribution >= 4 is 18.0 Å². The van der Waals surface area contributed by atoms with Gasteiger partial charge in [0.15, 0.2) is 0 Å². The van der Waals surface area contributed by atoms with Crippen LogP contribution in [-0.4, -0.2) is 42.3 Å². The van der Waals surface area contributed by atoms with Gasteiger partial charge < -0.3 is 20.5 Å². The zero-order valence-electron chi connectivity index (χ0n) is 19.5. The maximum Gasteiger partial charge on any atom is 0.407 e. The van der Waals surface area contributed by atoms with Gasteiger partial charge in [0.25, 0.3) is 5.91 Å². The van der Waals surface area contributed by atoms with Gasteiger partial charge in [-0.05, 0) is 52.8 Å². The Balaban J connectivity index is 1.25. The summed E-state index contributed by atoms with van der Waals surface area (Å²) in [6.07, 6.45) is 0.404. The number of carbonyl (C=O) groups excluding carboxylic acids is 2. The fourth-order valence-electron chi connectivity index (χ4n) is 4.36. The average molecular weight is 473 g/mol. The molecular formula is C28H28N2O5. The molecule has 2 amide bonds. The lowest BCUT2D eigenvalue weighted by molar-refractivity contribution is -0.139.